The van der Waals surface area contributed by atoms with E-state index in [9.17, 15) is 23.2 Å². The van der Waals surface area contributed by atoms with Crippen molar-refractivity contribution in [2.45, 2.75) is 25.7 Å². The number of hydrogen-bond donors (Lipinski definition) is 0. The molecule has 0 unspecified atom stereocenters. The van der Waals surface area contributed by atoms with Crippen molar-refractivity contribution in [3.05, 3.63) is 35.4 Å². The molecule has 0 atom stereocenters. The number of carbonyl (C=O) groups is 3. The number of nitrogens with zero attached hydrogens (tertiary/aromatic N) is 1. The molecule has 128 valence electrons. The van der Waals surface area contributed by atoms with Crippen molar-refractivity contribution in [1.82, 2.24) is 5.06 Å². The van der Waals surface area contributed by atoms with Crippen LogP contribution in [0, 0.1) is 5.41 Å². The molecule has 0 aromatic heterocycles. The molecule has 1 aromatic rings. The fourth-order valence-electron chi connectivity index (χ4n) is 2.96. The first-order chi connectivity index (χ1) is 11.3. The van der Waals surface area contributed by atoms with Gasteiger partial charge in [-0.05, 0) is 25.0 Å². The third kappa shape index (κ3) is 2.37. The average molecular weight is 339 g/mol. The Morgan fingerprint density at radius 1 is 1.17 bits per heavy atom. The van der Waals surface area contributed by atoms with Gasteiger partial charge in [-0.25, -0.2) is 13.6 Å². The maximum atomic E-state index is 14.1. The molecule has 0 radical (unpaired) electrons. The number of imide groups is 1. The first-order valence-corrected chi connectivity index (χ1v) is 7.44. The van der Waals surface area contributed by atoms with Gasteiger partial charge in [0.15, 0.2) is 0 Å². The lowest BCUT2D eigenvalue weighted by molar-refractivity contribution is -0.216. The summed E-state index contributed by atoms with van der Waals surface area (Å²) < 4.78 is 33.2. The molecule has 2 aliphatic rings. The van der Waals surface area contributed by atoms with E-state index in [-0.39, 0.29) is 42.2 Å². The number of amides is 2. The molecule has 0 N–H and O–H groups in total. The summed E-state index contributed by atoms with van der Waals surface area (Å²) in [6, 6.07) is 5.91. The summed E-state index contributed by atoms with van der Waals surface area (Å²) in [6.07, 6.45) is -0.503. The highest BCUT2D eigenvalue weighted by Crippen LogP contribution is 2.46. The second-order valence-electron chi connectivity index (χ2n) is 5.91. The summed E-state index contributed by atoms with van der Waals surface area (Å²) in [5.74, 6) is -6.36. The van der Waals surface area contributed by atoms with Crippen molar-refractivity contribution >= 4 is 17.8 Å². The first-order valence-electron chi connectivity index (χ1n) is 7.44. The van der Waals surface area contributed by atoms with Crippen LogP contribution < -0.4 is 0 Å². The van der Waals surface area contributed by atoms with E-state index in [1.165, 1.54) is 12.1 Å². The maximum absolute atomic E-state index is 14.1. The molecule has 1 aromatic carbocycles. The topological polar surface area (TPSA) is 72.9 Å². The van der Waals surface area contributed by atoms with Crippen molar-refractivity contribution in [2.75, 3.05) is 13.2 Å². The minimum Gasteiger partial charge on any atom is -0.381 e. The van der Waals surface area contributed by atoms with Crippen molar-refractivity contribution < 1.29 is 32.7 Å². The molecular weight excluding hydrogens is 324 g/mol. The normalized spacial score (nSPS) is 20.0. The maximum Gasteiger partial charge on any atom is 0.345 e. The smallest absolute Gasteiger partial charge is 0.345 e. The summed E-state index contributed by atoms with van der Waals surface area (Å²) in [5, 5.41) is 0.260. The standard InChI is InChI=1S/C16H15F2NO5/c1-15(17,18)16(6-8-23-9-7-16)14(22)24-19-12(20)10-4-2-3-5-11(10)13(19)21/h2-5H,6-9H2,1H3. The summed E-state index contributed by atoms with van der Waals surface area (Å²) in [5.41, 5.74) is -1.99. The minimum atomic E-state index is -3.38. The molecule has 2 heterocycles. The van der Waals surface area contributed by atoms with Crippen LogP contribution in [-0.4, -0.2) is 42.0 Å². The Morgan fingerprint density at radius 3 is 2.12 bits per heavy atom. The number of halogens is 2. The summed E-state index contributed by atoms with van der Waals surface area (Å²) in [4.78, 5) is 41.7. The van der Waals surface area contributed by atoms with Crippen LogP contribution in [0.2, 0.25) is 0 Å². The lowest BCUT2D eigenvalue weighted by Gasteiger charge is -2.39. The molecule has 6 nitrogen and oxygen atoms in total. The Kier molecular flexibility index (Phi) is 3.87. The van der Waals surface area contributed by atoms with E-state index in [2.05, 4.69) is 0 Å². The van der Waals surface area contributed by atoms with Gasteiger partial charge >= 0.3 is 5.97 Å². The van der Waals surface area contributed by atoms with Gasteiger partial charge in [0.25, 0.3) is 17.7 Å². The van der Waals surface area contributed by atoms with E-state index in [0.29, 0.717) is 6.92 Å². The summed E-state index contributed by atoms with van der Waals surface area (Å²) >= 11 is 0. The lowest BCUT2D eigenvalue weighted by Crippen LogP contribution is -2.52. The molecule has 0 bridgehead atoms. The van der Waals surface area contributed by atoms with Crippen LogP contribution in [0.15, 0.2) is 24.3 Å². The van der Waals surface area contributed by atoms with Crippen LogP contribution in [-0.2, 0) is 14.4 Å². The van der Waals surface area contributed by atoms with E-state index in [4.69, 9.17) is 9.57 Å². The Labute approximate surface area is 136 Å². The van der Waals surface area contributed by atoms with Gasteiger partial charge in [-0.2, -0.15) is 0 Å². The molecule has 0 spiro atoms. The molecule has 2 amide bonds. The van der Waals surface area contributed by atoms with Gasteiger partial charge in [-0.3, -0.25) is 9.59 Å². The van der Waals surface area contributed by atoms with E-state index < -0.39 is 29.1 Å². The second-order valence-corrected chi connectivity index (χ2v) is 5.91. The molecule has 3 rings (SSSR count). The van der Waals surface area contributed by atoms with Gasteiger partial charge in [0.2, 0.25) is 0 Å². The predicted molar refractivity (Wildman–Crippen MR) is 76.1 cm³/mol. The third-order valence-electron chi connectivity index (χ3n) is 4.51. The quantitative estimate of drug-likeness (QED) is 0.790. The molecule has 1 saturated heterocycles. The second kappa shape index (κ2) is 5.62. The van der Waals surface area contributed by atoms with Crippen LogP contribution in [0.4, 0.5) is 8.78 Å². The fourth-order valence-corrected chi connectivity index (χ4v) is 2.96. The highest BCUT2D eigenvalue weighted by molar-refractivity contribution is 6.20. The largest absolute Gasteiger partial charge is 0.381 e. The Bertz CT molecular complexity index is 672. The number of hydroxylamine groups is 2. The van der Waals surface area contributed by atoms with Gasteiger partial charge in [0, 0.05) is 20.1 Å². The van der Waals surface area contributed by atoms with Crippen LogP contribution in [0.25, 0.3) is 0 Å². The highest BCUT2D eigenvalue weighted by atomic mass is 19.3. The zero-order valence-corrected chi connectivity index (χ0v) is 12.9. The number of rotatable bonds is 3. The third-order valence-corrected chi connectivity index (χ3v) is 4.51. The van der Waals surface area contributed by atoms with Crippen molar-refractivity contribution in [1.29, 1.82) is 0 Å². The molecule has 2 aliphatic heterocycles. The molecule has 0 aliphatic carbocycles. The molecule has 1 fully saturated rings. The minimum absolute atomic E-state index is 0.0271. The average Bonchev–Trinajstić information content (AvgIpc) is 2.80. The first kappa shape index (κ1) is 16.5. The van der Waals surface area contributed by atoms with Gasteiger partial charge in [-0.15, -0.1) is 0 Å². The Morgan fingerprint density at radius 2 is 1.67 bits per heavy atom. The van der Waals surface area contributed by atoms with Gasteiger partial charge < -0.3 is 9.57 Å². The summed E-state index contributed by atoms with van der Waals surface area (Å²) in [6.45, 7) is 0.573. The zero-order chi connectivity index (χ0) is 17.5. The summed E-state index contributed by atoms with van der Waals surface area (Å²) in [7, 11) is 0. The van der Waals surface area contributed by atoms with Crippen LogP contribution in [0.1, 0.15) is 40.5 Å². The van der Waals surface area contributed by atoms with E-state index in [1.807, 2.05) is 0 Å². The van der Waals surface area contributed by atoms with Gasteiger partial charge in [-0.1, -0.05) is 17.2 Å². The van der Waals surface area contributed by atoms with Crippen molar-refractivity contribution in [3.63, 3.8) is 0 Å². The van der Waals surface area contributed by atoms with Crippen molar-refractivity contribution in [2.24, 2.45) is 5.41 Å². The monoisotopic (exact) mass is 339 g/mol. The highest BCUT2D eigenvalue weighted by Gasteiger charge is 2.59. The molecule has 24 heavy (non-hydrogen) atoms. The van der Waals surface area contributed by atoms with Crippen LogP contribution in [0.3, 0.4) is 0 Å². The van der Waals surface area contributed by atoms with Gasteiger partial charge in [0.1, 0.15) is 5.41 Å². The molecule has 8 heteroatoms. The van der Waals surface area contributed by atoms with Crippen LogP contribution in [0.5, 0.6) is 0 Å². The van der Waals surface area contributed by atoms with E-state index in [1.54, 1.807) is 12.1 Å². The number of alkyl halides is 2. The van der Waals surface area contributed by atoms with Crippen LogP contribution >= 0.6 is 0 Å². The van der Waals surface area contributed by atoms with Gasteiger partial charge in [0.05, 0.1) is 11.1 Å². The Balaban J connectivity index is 1.87. The number of carbonyl (C=O) groups excluding carboxylic acids is 3. The molecule has 0 saturated carbocycles. The number of hydrogen-bond acceptors (Lipinski definition) is 5. The van der Waals surface area contributed by atoms with E-state index >= 15 is 0 Å². The van der Waals surface area contributed by atoms with Crippen molar-refractivity contribution in [3.8, 4) is 0 Å². The number of fused-ring (bicyclic) bond motifs is 1. The predicted octanol–water partition coefficient (Wildman–Crippen LogP) is 2.19. The fraction of sp³-hybridized carbons (Fsp3) is 0.438. The number of ether oxygens (including phenoxy) is 1. The SMILES string of the molecule is CC(F)(F)C1(C(=O)ON2C(=O)c3ccccc3C2=O)CCOCC1. The lowest BCUT2D eigenvalue weighted by atomic mass is 9.75. The Hall–Kier alpha value is -2.35. The molecular formula is C16H15F2NO5. The van der Waals surface area contributed by atoms with E-state index in [0.717, 1.165) is 0 Å². The number of benzene rings is 1. The zero-order valence-electron chi connectivity index (χ0n) is 12.9.